The number of aromatic nitrogens is 2. The van der Waals surface area contributed by atoms with Crippen molar-refractivity contribution in [3.8, 4) is 0 Å². The summed E-state index contributed by atoms with van der Waals surface area (Å²) >= 11 is 0. The molecule has 0 fully saturated rings. The first kappa shape index (κ1) is 33.3. The second-order valence-corrected chi connectivity index (χ2v) is 12.6. The number of benzene rings is 3. The minimum Gasteiger partial charge on any atom is -0.392 e. The van der Waals surface area contributed by atoms with Crippen LogP contribution in [0, 0.1) is 5.41 Å². The molecule has 0 radical (unpaired) electrons. The van der Waals surface area contributed by atoms with Gasteiger partial charge in [0.1, 0.15) is 11.9 Å². The van der Waals surface area contributed by atoms with Crippen LogP contribution in [0.5, 0.6) is 0 Å². The molecule has 0 saturated heterocycles. The summed E-state index contributed by atoms with van der Waals surface area (Å²) in [6.07, 6.45) is 1.31. The molecule has 0 aliphatic carbocycles. The topological polar surface area (TPSA) is 120 Å². The van der Waals surface area contributed by atoms with Crippen LogP contribution in [-0.2, 0) is 22.4 Å². The molecule has 3 aromatic carbocycles. The van der Waals surface area contributed by atoms with E-state index in [-0.39, 0.29) is 5.91 Å². The Morgan fingerprint density at radius 3 is 2.25 bits per heavy atom. The Hall–Kier alpha value is -3.56. The van der Waals surface area contributed by atoms with Crippen LogP contribution >= 0.6 is 0 Å². The van der Waals surface area contributed by atoms with E-state index in [0.717, 1.165) is 41.7 Å². The zero-order valence-electron chi connectivity index (χ0n) is 26.2. The Morgan fingerprint density at radius 1 is 0.886 bits per heavy atom. The number of aliphatic hydroxyl groups is 2. The second kappa shape index (κ2) is 16.5. The van der Waals surface area contributed by atoms with E-state index in [1.807, 2.05) is 93.6 Å². The van der Waals surface area contributed by atoms with Crippen molar-refractivity contribution in [2.45, 2.75) is 77.2 Å². The van der Waals surface area contributed by atoms with Crippen molar-refractivity contribution >= 4 is 16.9 Å². The van der Waals surface area contributed by atoms with E-state index < -0.39 is 29.8 Å². The molecule has 8 nitrogen and oxygen atoms in total. The maximum Gasteiger partial charge on any atom is 0.250 e. The fourth-order valence-corrected chi connectivity index (χ4v) is 5.35. The summed E-state index contributed by atoms with van der Waals surface area (Å²) in [4.78, 5) is 21.6. The van der Waals surface area contributed by atoms with Crippen LogP contribution in [0.3, 0.4) is 0 Å². The number of hydrogen-bond donors (Lipinski definition) is 5. The minimum atomic E-state index is -0.723. The predicted molar refractivity (Wildman–Crippen MR) is 175 cm³/mol. The number of nitrogens with one attached hydrogen (secondary N) is 3. The standard InChI is InChI=1S/C36H48N4O4/c1-36(2,3)34(44-22-12-19-33-38-30-17-10-11-18-31(30)39-33)35(43)40-32(27-15-8-5-9-16-27)23-29(42)25-37-24-28(41)21-20-26-13-6-4-7-14-26/h4-11,13-18,28-29,32,34,37,41-42H,12,19-25H2,1-3H3,(H,38,39)(H,40,43). The van der Waals surface area contributed by atoms with E-state index in [9.17, 15) is 15.0 Å². The molecule has 44 heavy (non-hydrogen) atoms. The largest absolute Gasteiger partial charge is 0.392 e. The molecule has 0 aliphatic rings. The van der Waals surface area contributed by atoms with Crippen molar-refractivity contribution in [1.29, 1.82) is 0 Å². The van der Waals surface area contributed by atoms with Gasteiger partial charge in [0.2, 0.25) is 5.91 Å². The van der Waals surface area contributed by atoms with Gasteiger partial charge in [-0.3, -0.25) is 4.79 Å². The van der Waals surface area contributed by atoms with Gasteiger partial charge in [0, 0.05) is 26.1 Å². The maximum atomic E-state index is 13.6. The number of hydrogen-bond acceptors (Lipinski definition) is 6. The van der Waals surface area contributed by atoms with E-state index >= 15 is 0 Å². The van der Waals surface area contributed by atoms with Crippen molar-refractivity contribution < 1.29 is 19.7 Å². The average Bonchev–Trinajstić information content (AvgIpc) is 3.43. The molecular formula is C36H48N4O4. The van der Waals surface area contributed by atoms with E-state index in [0.29, 0.717) is 32.5 Å². The molecule has 1 amide bonds. The molecule has 1 heterocycles. The Bertz CT molecular complexity index is 1370. The summed E-state index contributed by atoms with van der Waals surface area (Å²) in [5.74, 6) is 0.702. The zero-order valence-corrected chi connectivity index (χ0v) is 26.2. The molecule has 1 aromatic heterocycles. The number of fused-ring (bicyclic) bond motifs is 1. The van der Waals surface area contributed by atoms with Crippen molar-refractivity contribution in [3.05, 3.63) is 102 Å². The molecule has 4 unspecified atom stereocenters. The molecule has 4 rings (SSSR count). The average molecular weight is 601 g/mol. The van der Waals surface area contributed by atoms with E-state index in [1.165, 1.54) is 5.56 Å². The summed E-state index contributed by atoms with van der Waals surface area (Å²) in [6.45, 7) is 7.10. The van der Waals surface area contributed by atoms with Gasteiger partial charge in [-0.05, 0) is 54.4 Å². The second-order valence-electron chi connectivity index (χ2n) is 12.6. The SMILES string of the molecule is CC(C)(C)C(OCCCc1nc2ccccc2[nH]1)C(=O)NC(CC(O)CNCC(O)CCc1ccccc1)c1ccccc1. The van der Waals surface area contributed by atoms with Crippen molar-refractivity contribution in [1.82, 2.24) is 20.6 Å². The van der Waals surface area contributed by atoms with Crippen LogP contribution in [0.25, 0.3) is 11.0 Å². The van der Waals surface area contributed by atoms with Crippen LogP contribution in [0.4, 0.5) is 0 Å². The summed E-state index contributed by atoms with van der Waals surface area (Å²) in [5, 5.41) is 27.7. The summed E-state index contributed by atoms with van der Waals surface area (Å²) in [7, 11) is 0. The van der Waals surface area contributed by atoms with E-state index in [1.54, 1.807) is 0 Å². The molecule has 5 N–H and O–H groups in total. The number of aliphatic hydroxyl groups excluding tert-OH is 2. The third-order valence-corrected chi connectivity index (χ3v) is 7.70. The van der Waals surface area contributed by atoms with Gasteiger partial charge < -0.3 is 30.6 Å². The zero-order chi connectivity index (χ0) is 31.4. The number of aryl methyl sites for hydroxylation is 2. The number of amides is 1. The van der Waals surface area contributed by atoms with Gasteiger partial charge in [0.15, 0.2) is 0 Å². The lowest BCUT2D eigenvalue weighted by molar-refractivity contribution is -0.141. The Morgan fingerprint density at radius 2 is 1.55 bits per heavy atom. The number of imidazole rings is 1. The van der Waals surface area contributed by atoms with Crippen molar-refractivity contribution in [2.24, 2.45) is 5.41 Å². The predicted octanol–water partition coefficient (Wildman–Crippen LogP) is 5.12. The molecule has 236 valence electrons. The fraction of sp³-hybridized carbons (Fsp3) is 0.444. The third-order valence-electron chi connectivity index (χ3n) is 7.70. The first-order valence-electron chi connectivity index (χ1n) is 15.7. The van der Waals surface area contributed by atoms with E-state index in [4.69, 9.17) is 4.74 Å². The van der Waals surface area contributed by atoms with Gasteiger partial charge in [-0.15, -0.1) is 0 Å². The van der Waals surface area contributed by atoms with Gasteiger partial charge in [-0.2, -0.15) is 0 Å². The monoisotopic (exact) mass is 600 g/mol. The van der Waals surface area contributed by atoms with Crippen LogP contribution < -0.4 is 10.6 Å². The van der Waals surface area contributed by atoms with Crippen LogP contribution in [0.15, 0.2) is 84.9 Å². The Balaban J connectivity index is 1.28. The number of nitrogens with zero attached hydrogens (tertiary/aromatic N) is 1. The first-order valence-corrected chi connectivity index (χ1v) is 15.7. The molecule has 8 heteroatoms. The minimum absolute atomic E-state index is 0.202. The van der Waals surface area contributed by atoms with Gasteiger partial charge in [-0.25, -0.2) is 4.98 Å². The Labute approximate surface area is 261 Å². The summed E-state index contributed by atoms with van der Waals surface area (Å²) in [5.41, 5.74) is 3.63. The van der Waals surface area contributed by atoms with Gasteiger partial charge in [0.05, 0.1) is 29.3 Å². The fourth-order valence-electron chi connectivity index (χ4n) is 5.35. The number of para-hydroxylation sites is 2. The molecular weight excluding hydrogens is 552 g/mol. The molecule has 0 saturated carbocycles. The number of carbonyl (C=O) groups excluding carboxylic acids is 1. The summed E-state index contributed by atoms with van der Waals surface area (Å²) < 4.78 is 6.20. The number of H-pyrrole nitrogens is 1. The summed E-state index contributed by atoms with van der Waals surface area (Å²) in [6, 6.07) is 27.3. The number of ether oxygens (including phenoxy) is 1. The number of carbonyl (C=O) groups is 1. The lowest BCUT2D eigenvalue weighted by Gasteiger charge is -2.32. The molecule has 4 atom stereocenters. The molecule has 0 aliphatic heterocycles. The highest BCUT2D eigenvalue weighted by Crippen LogP contribution is 2.26. The first-order chi connectivity index (χ1) is 21.2. The van der Waals surface area contributed by atoms with Crippen molar-refractivity contribution in [3.63, 3.8) is 0 Å². The number of aromatic amines is 1. The van der Waals surface area contributed by atoms with Gasteiger partial charge in [0.25, 0.3) is 0 Å². The maximum absolute atomic E-state index is 13.6. The lowest BCUT2D eigenvalue weighted by Crippen LogP contribution is -2.46. The highest BCUT2D eigenvalue weighted by atomic mass is 16.5. The van der Waals surface area contributed by atoms with Gasteiger partial charge >= 0.3 is 0 Å². The third kappa shape index (κ3) is 10.6. The van der Waals surface area contributed by atoms with Crippen molar-refractivity contribution in [2.75, 3.05) is 19.7 Å². The van der Waals surface area contributed by atoms with E-state index in [2.05, 4.69) is 32.7 Å². The quantitative estimate of drug-likeness (QED) is 0.107. The smallest absolute Gasteiger partial charge is 0.250 e. The Kier molecular flexibility index (Phi) is 12.5. The van der Waals surface area contributed by atoms with Crippen LogP contribution in [0.1, 0.15) is 63.0 Å². The van der Waals surface area contributed by atoms with Crippen LogP contribution in [0.2, 0.25) is 0 Å². The van der Waals surface area contributed by atoms with Crippen LogP contribution in [-0.4, -0.2) is 64.1 Å². The van der Waals surface area contributed by atoms with Gasteiger partial charge in [-0.1, -0.05) is 93.6 Å². The molecule has 0 spiro atoms. The number of rotatable bonds is 17. The molecule has 0 bridgehead atoms. The molecule has 4 aromatic rings. The normalized spacial score (nSPS) is 14.7. The lowest BCUT2D eigenvalue weighted by atomic mass is 9.87. The highest BCUT2D eigenvalue weighted by Gasteiger charge is 2.34. The highest BCUT2D eigenvalue weighted by molar-refractivity contribution is 5.82.